The molecule has 0 unspecified atom stereocenters. The van der Waals surface area contributed by atoms with Crippen molar-refractivity contribution in [1.82, 2.24) is 0 Å². The van der Waals surface area contributed by atoms with Crippen LogP contribution in [-0.4, -0.2) is 5.11 Å². The summed E-state index contributed by atoms with van der Waals surface area (Å²) in [7, 11) is 0. The summed E-state index contributed by atoms with van der Waals surface area (Å²) in [5.74, 6) is -3.13. The predicted octanol–water partition coefficient (Wildman–Crippen LogP) is 2.04. The molecule has 0 fully saturated rings. The summed E-state index contributed by atoms with van der Waals surface area (Å²) < 4.78 is 44.8. The number of halogens is 3. The number of hydrogen-bond acceptors (Lipinski definition) is 3. The van der Waals surface area contributed by atoms with Gasteiger partial charge in [0.2, 0.25) is 0 Å². The van der Waals surface area contributed by atoms with Crippen molar-refractivity contribution in [3.8, 4) is 5.75 Å². The number of phenols is 1. The molecule has 6 heteroatoms. The van der Waals surface area contributed by atoms with E-state index in [0.29, 0.717) is 12.1 Å². The molecule has 66 valence electrons. The normalized spacial score (nSPS) is 10.6. The van der Waals surface area contributed by atoms with Gasteiger partial charge in [-0.2, -0.15) is 0 Å². The molecule has 3 nitrogen and oxygen atoms in total. The smallest absolute Gasteiger partial charge is 0.347 e. The average molecular weight is 288 g/mol. The van der Waals surface area contributed by atoms with E-state index in [-0.39, 0.29) is 0 Å². The number of aromatic hydroxyl groups is 1. The van der Waals surface area contributed by atoms with Gasteiger partial charge in [-0.15, -0.1) is 0 Å². The van der Waals surface area contributed by atoms with Crippen molar-refractivity contribution in [1.29, 1.82) is 0 Å². The highest BCUT2D eigenvalue weighted by Gasteiger charge is 2.14. The second kappa shape index (κ2) is 3.30. The van der Waals surface area contributed by atoms with Crippen molar-refractivity contribution < 1.29 is 20.0 Å². The summed E-state index contributed by atoms with van der Waals surface area (Å²) in [6.07, 6.45) is 0. The standard InChI is InChI=1S/C6H3F2IO3/c7-3-1-4(8)6(9(11)12)5(10)2-3/h1-2,10H. The summed E-state index contributed by atoms with van der Waals surface area (Å²) >= 11 is -4.08. The molecule has 0 radical (unpaired) electrons. The highest BCUT2D eigenvalue weighted by molar-refractivity contribution is 14.2. The van der Waals surface area contributed by atoms with E-state index in [1.54, 1.807) is 0 Å². The molecule has 0 aliphatic heterocycles. The third-order valence-corrected chi connectivity index (χ3v) is 3.08. The molecule has 0 aliphatic carbocycles. The first kappa shape index (κ1) is 9.30. The molecule has 12 heavy (non-hydrogen) atoms. The van der Waals surface area contributed by atoms with Crippen LogP contribution in [0.5, 0.6) is 5.75 Å². The van der Waals surface area contributed by atoms with E-state index in [1.165, 1.54) is 0 Å². The van der Waals surface area contributed by atoms with Gasteiger partial charge in [0.1, 0.15) is 17.4 Å². The minimum Gasteiger partial charge on any atom is -0.506 e. The zero-order valence-electron chi connectivity index (χ0n) is 5.55. The van der Waals surface area contributed by atoms with Crippen molar-refractivity contribution in [3.05, 3.63) is 27.3 Å². The Hall–Kier alpha value is -0.790. The van der Waals surface area contributed by atoms with Crippen LogP contribution in [0.25, 0.3) is 0 Å². The lowest BCUT2D eigenvalue weighted by Gasteiger charge is -1.96. The van der Waals surface area contributed by atoms with E-state index in [4.69, 9.17) is 5.11 Å². The third kappa shape index (κ3) is 1.68. The number of rotatable bonds is 1. The van der Waals surface area contributed by atoms with E-state index in [0.717, 1.165) is 0 Å². The first-order valence-electron chi connectivity index (χ1n) is 2.75. The molecule has 1 N–H and O–H groups in total. The summed E-state index contributed by atoms with van der Waals surface area (Å²) in [5.41, 5.74) is 0. The Kier molecular flexibility index (Phi) is 2.55. The van der Waals surface area contributed by atoms with E-state index in [2.05, 4.69) is 0 Å². The highest BCUT2D eigenvalue weighted by atomic mass is 127. The van der Waals surface area contributed by atoms with Gasteiger partial charge in [-0.05, 0) is 0 Å². The van der Waals surface area contributed by atoms with Gasteiger partial charge in [0.15, 0.2) is 3.57 Å². The van der Waals surface area contributed by atoms with Gasteiger partial charge in [-0.3, -0.25) is 0 Å². The monoisotopic (exact) mass is 288 g/mol. The quantitative estimate of drug-likeness (QED) is 0.635. The molecule has 1 aromatic carbocycles. The molecule has 0 heterocycles. The van der Waals surface area contributed by atoms with Gasteiger partial charge < -0.3 is 5.11 Å². The van der Waals surface area contributed by atoms with Crippen LogP contribution < -0.4 is 0 Å². The summed E-state index contributed by atoms with van der Waals surface area (Å²) in [6, 6.07) is 0.966. The van der Waals surface area contributed by atoms with Crippen molar-refractivity contribution in [3.63, 3.8) is 0 Å². The van der Waals surface area contributed by atoms with Crippen LogP contribution in [0.1, 0.15) is 0 Å². The van der Waals surface area contributed by atoms with Gasteiger partial charge in [-0.1, -0.05) is 0 Å². The Morgan fingerprint density at radius 2 is 1.83 bits per heavy atom. The van der Waals surface area contributed by atoms with Crippen LogP contribution in [0.2, 0.25) is 0 Å². The maximum absolute atomic E-state index is 12.6. The average Bonchev–Trinajstić information content (AvgIpc) is 1.82. The van der Waals surface area contributed by atoms with Gasteiger partial charge in [0.05, 0.1) is 0 Å². The lowest BCUT2D eigenvalue weighted by atomic mass is 10.3. The molecule has 0 atom stereocenters. The largest absolute Gasteiger partial charge is 0.506 e. The minimum absolute atomic E-state index is 0.412. The lowest BCUT2D eigenvalue weighted by molar-refractivity contribution is 0.454. The first-order valence-corrected chi connectivity index (χ1v) is 5.59. The van der Waals surface area contributed by atoms with E-state index in [1.807, 2.05) is 0 Å². The topological polar surface area (TPSA) is 54.4 Å². The van der Waals surface area contributed by atoms with Gasteiger partial charge in [0.25, 0.3) is 0 Å². The van der Waals surface area contributed by atoms with Gasteiger partial charge in [-0.25, -0.2) is 14.9 Å². The van der Waals surface area contributed by atoms with Gasteiger partial charge >= 0.3 is 19.8 Å². The van der Waals surface area contributed by atoms with Crippen LogP contribution in [0.3, 0.4) is 0 Å². The molecule has 0 spiro atoms. The number of benzene rings is 1. The fourth-order valence-electron chi connectivity index (χ4n) is 0.695. The van der Waals surface area contributed by atoms with Crippen molar-refractivity contribution in [2.45, 2.75) is 0 Å². The minimum atomic E-state index is -4.08. The second-order valence-corrected chi connectivity index (χ2v) is 4.26. The van der Waals surface area contributed by atoms with Crippen molar-refractivity contribution in [2.24, 2.45) is 0 Å². The van der Waals surface area contributed by atoms with Crippen LogP contribution in [0.15, 0.2) is 12.1 Å². The van der Waals surface area contributed by atoms with Gasteiger partial charge in [0, 0.05) is 12.1 Å². The maximum atomic E-state index is 12.6. The fraction of sp³-hybridized carbons (Fsp3) is 0. The molecular formula is C6H3F2IO3. The van der Waals surface area contributed by atoms with E-state index >= 15 is 0 Å². The molecule has 1 aromatic rings. The Bertz CT molecular complexity index is 355. The van der Waals surface area contributed by atoms with E-state index in [9.17, 15) is 14.9 Å². The van der Waals surface area contributed by atoms with Crippen LogP contribution >= 0.6 is 19.8 Å². The van der Waals surface area contributed by atoms with Crippen LogP contribution in [-0.2, 0) is 6.14 Å². The Labute approximate surface area is 73.2 Å². The molecule has 0 saturated heterocycles. The molecule has 1 rings (SSSR count). The second-order valence-electron chi connectivity index (χ2n) is 1.94. The number of hydrogen-bond donors (Lipinski definition) is 1. The highest BCUT2D eigenvalue weighted by Crippen LogP contribution is 2.30. The predicted molar refractivity (Wildman–Crippen MR) is 42.1 cm³/mol. The third-order valence-electron chi connectivity index (χ3n) is 1.13. The van der Waals surface area contributed by atoms with E-state index < -0.39 is 40.7 Å². The lowest BCUT2D eigenvalue weighted by Crippen LogP contribution is -1.86. The molecule has 0 saturated carbocycles. The Balaban J connectivity index is 3.48. The molecule has 0 amide bonds. The summed E-state index contributed by atoms with van der Waals surface area (Å²) in [4.78, 5) is 0. The first-order chi connectivity index (χ1) is 5.52. The SMILES string of the molecule is O=I(=O)c1c(O)cc(F)cc1F. The van der Waals surface area contributed by atoms with Crippen molar-refractivity contribution in [2.75, 3.05) is 0 Å². The molecule has 0 bridgehead atoms. The maximum Gasteiger partial charge on any atom is 0.347 e. The zero-order chi connectivity index (χ0) is 9.30. The van der Waals surface area contributed by atoms with Crippen LogP contribution in [0, 0.1) is 15.2 Å². The van der Waals surface area contributed by atoms with Crippen molar-refractivity contribution >= 4 is 19.8 Å². The molecular weight excluding hydrogens is 285 g/mol. The molecule has 0 aliphatic rings. The number of phenolic OH excluding ortho intramolecular Hbond substituents is 1. The summed E-state index contributed by atoms with van der Waals surface area (Å²) in [5, 5.41) is 8.80. The Morgan fingerprint density at radius 1 is 1.25 bits per heavy atom. The zero-order valence-corrected chi connectivity index (χ0v) is 7.71. The Morgan fingerprint density at radius 3 is 2.25 bits per heavy atom. The molecule has 0 aromatic heterocycles. The fourth-order valence-corrected chi connectivity index (χ4v) is 1.88. The summed E-state index contributed by atoms with van der Waals surface area (Å²) in [6.45, 7) is 0. The van der Waals surface area contributed by atoms with Crippen LogP contribution in [0.4, 0.5) is 8.78 Å².